The van der Waals surface area contributed by atoms with Gasteiger partial charge in [-0.25, -0.2) is 12.7 Å². The molecule has 2 saturated heterocycles. The molecule has 2 aliphatic carbocycles. The standard InChI is InChI=1S/C29H43N3O4S/c1-6-29(24(17-21(2)27(29,3)4)32-25(33)18-30(5)19-26(32)34)20-37(35,36)31-15-13-28(14-16-31)12-11-22-9-7-8-10-23(22)28/h7-10,21,24H,6,11-20H2,1-5H3/t21?,24-,29?/m0/s1. The molecule has 0 radical (unpaired) electrons. The molecule has 1 saturated carbocycles. The van der Waals surface area contributed by atoms with E-state index in [1.54, 1.807) is 16.3 Å². The molecule has 3 fully saturated rings. The van der Waals surface area contributed by atoms with E-state index < -0.39 is 21.5 Å². The summed E-state index contributed by atoms with van der Waals surface area (Å²) < 4.78 is 30.0. The Morgan fingerprint density at radius 1 is 1.00 bits per heavy atom. The highest BCUT2D eigenvalue weighted by molar-refractivity contribution is 7.89. The first-order valence-corrected chi connectivity index (χ1v) is 15.6. The van der Waals surface area contributed by atoms with Gasteiger partial charge in [-0.05, 0) is 73.4 Å². The molecule has 2 unspecified atom stereocenters. The van der Waals surface area contributed by atoms with E-state index in [0.717, 1.165) is 25.7 Å². The summed E-state index contributed by atoms with van der Waals surface area (Å²) in [6.45, 7) is 9.91. The predicted molar refractivity (Wildman–Crippen MR) is 144 cm³/mol. The molecule has 2 amide bonds. The van der Waals surface area contributed by atoms with Crippen LogP contribution in [0.15, 0.2) is 24.3 Å². The normalized spacial score (nSPS) is 32.3. The van der Waals surface area contributed by atoms with Crippen LogP contribution in [0.25, 0.3) is 0 Å². The van der Waals surface area contributed by atoms with Gasteiger partial charge in [0.2, 0.25) is 21.8 Å². The zero-order valence-electron chi connectivity index (χ0n) is 23.1. The minimum absolute atomic E-state index is 0.0189. The van der Waals surface area contributed by atoms with Crippen LogP contribution < -0.4 is 0 Å². The molecule has 0 bridgehead atoms. The molecule has 2 heterocycles. The molecule has 7 nitrogen and oxygen atoms in total. The van der Waals surface area contributed by atoms with Gasteiger partial charge < -0.3 is 0 Å². The van der Waals surface area contributed by atoms with Crippen molar-refractivity contribution in [2.75, 3.05) is 39.0 Å². The van der Waals surface area contributed by atoms with Gasteiger partial charge in [0.1, 0.15) is 0 Å². The highest BCUT2D eigenvalue weighted by atomic mass is 32.2. The monoisotopic (exact) mass is 529 g/mol. The first-order valence-electron chi connectivity index (χ1n) is 14.0. The van der Waals surface area contributed by atoms with Crippen LogP contribution in [0.5, 0.6) is 0 Å². The SMILES string of the molecule is CCC1(CS(=O)(=O)N2CCC3(CCc4ccccc43)CC2)[C@@H](N2C(=O)CN(C)CC2=O)CC(C)C1(C)C. The summed E-state index contributed by atoms with van der Waals surface area (Å²) in [5.74, 6) is -0.241. The van der Waals surface area contributed by atoms with E-state index in [2.05, 4.69) is 45.0 Å². The number of carbonyl (C=O) groups is 2. The minimum Gasteiger partial charge on any atom is -0.289 e. The first kappa shape index (κ1) is 26.8. The number of benzene rings is 1. The molecule has 0 N–H and O–H groups in total. The molecular formula is C29H43N3O4S. The van der Waals surface area contributed by atoms with Crippen molar-refractivity contribution in [3.05, 3.63) is 35.4 Å². The summed E-state index contributed by atoms with van der Waals surface area (Å²) in [4.78, 5) is 29.5. The summed E-state index contributed by atoms with van der Waals surface area (Å²) in [5.41, 5.74) is 1.88. The summed E-state index contributed by atoms with van der Waals surface area (Å²) in [5, 5.41) is 0. The quantitative estimate of drug-likeness (QED) is 0.546. The van der Waals surface area contributed by atoms with Gasteiger partial charge in [0, 0.05) is 24.5 Å². The Bertz CT molecular complexity index is 1170. The third-order valence-electron chi connectivity index (χ3n) is 11.0. The largest absolute Gasteiger partial charge is 0.289 e. The van der Waals surface area contributed by atoms with Gasteiger partial charge in [0.15, 0.2) is 0 Å². The maximum Gasteiger partial charge on any atom is 0.243 e. The zero-order valence-corrected chi connectivity index (χ0v) is 23.9. The van der Waals surface area contributed by atoms with Gasteiger partial charge in [-0.3, -0.25) is 19.4 Å². The van der Waals surface area contributed by atoms with Crippen LogP contribution in [0.4, 0.5) is 0 Å². The van der Waals surface area contributed by atoms with Gasteiger partial charge in [0.05, 0.1) is 18.8 Å². The number of nitrogens with zero attached hydrogens (tertiary/aromatic N) is 3. The van der Waals surface area contributed by atoms with E-state index in [0.29, 0.717) is 25.9 Å². The Morgan fingerprint density at radius 3 is 2.24 bits per heavy atom. The van der Waals surface area contributed by atoms with E-state index in [4.69, 9.17) is 0 Å². The summed E-state index contributed by atoms with van der Waals surface area (Å²) in [6.07, 6.45) is 5.12. The molecule has 4 aliphatic rings. The van der Waals surface area contributed by atoms with Crippen molar-refractivity contribution in [1.82, 2.24) is 14.1 Å². The lowest BCUT2D eigenvalue weighted by Crippen LogP contribution is -2.62. The van der Waals surface area contributed by atoms with Crippen LogP contribution in [0.1, 0.15) is 70.9 Å². The van der Waals surface area contributed by atoms with Crippen LogP contribution >= 0.6 is 0 Å². The third kappa shape index (κ3) is 4.09. The maximum atomic E-state index is 14.1. The second kappa shape index (κ2) is 9.16. The van der Waals surface area contributed by atoms with Gasteiger partial charge in [-0.15, -0.1) is 0 Å². The molecule has 0 aromatic heterocycles. The highest BCUT2D eigenvalue weighted by Crippen LogP contribution is 2.60. The molecule has 5 rings (SSSR count). The number of imide groups is 1. The average Bonchev–Trinajstić information content (AvgIpc) is 3.27. The van der Waals surface area contributed by atoms with E-state index in [1.165, 1.54) is 16.0 Å². The topological polar surface area (TPSA) is 78.0 Å². The fraction of sp³-hybridized carbons (Fsp3) is 0.724. The number of piperidine rings is 1. The maximum absolute atomic E-state index is 14.1. The van der Waals surface area contributed by atoms with Crippen LogP contribution in [0.2, 0.25) is 0 Å². The number of hydrogen-bond acceptors (Lipinski definition) is 5. The molecule has 8 heteroatoms. The fourth-order valence-corrected chi connectivity index (χ4v) is 10.6. The Balaban J connectivity index is 1.41. The molecule has 1 aromatic carbocycles. The predicted octanol–water partition coefficient (Wildman–Crippen LogP) is 3.43. The summed E-state index contributed by atoms with van der Waals surface area (Å²) in [7, 11) is -1.82. The van der Waals surface area contributed by atoms with Crippen molar-refractivity contribution in [3.63, 3.8) is 0 Å². The Hall–Kier alpha value is -1.77. The smallest absolute Gasteiger partial charge is 0.243 e. The number of amides is 2. The third-order valence-corrected chi connectivity index (χ3v) is 13.0. The van der Waals surface area contributed by atoms with Gasteiger partial charge in [0.25, 0.3) is 0 Å². The lowest BCUT2D eigenvalue weighted by atomic mass is 9.63. The molecule has 3 atom stereocenters. The number of sulfonamides is 1. The number of carbonyl (C=O) groups excluding carboxylic acids is 2. The summed E-state index contributed by atoms with van der Waals surface area (Å²) in [6, 6.07) is 8.24. The first-order chi connectivity index (χ1) is 17.4. The molecule has 204 valence electrons. The summed E-state index contributed by atoms with van der Waals surface area (Å²) >= 11 is 0. The van der Waals surface area contributed by atoms with Crippen molar-refractivity contribution in [3.8, 4) is 0 Å². The van der Waals surface area contributed by atoms with E-state index in [1.807, 2.05) is 6.92 Å². The van der Waals surface area contributed by atoms with Crippen LogP contribution in [0.3, 0.4) is 0 Å². The van der Waals surface area contributed by atoms with E-state index in [9.17, 15) is 18.0 Å². The molecular weight excluding hydrogens is 486 g/mol. The fourth-order valence-electron chi connectivity index (χ4n) is 8.25. The second-order valence-electron chi connectivity index (χ2n) is 12.8. The molecule has 37 heavy (non-hydrogen) atoms. The lowest BCUT2D eigenvalue weighted by Gasteiger charge is -2.50. The van der Waals surface area contributed by atoms with Crippen molar-refractivity contribution >= 4 is 21.8 Å². The number of aryl methyl sites for hydroxylation is 1. The number of likely N-dealkylation sites (N-methyl/N-ethyl adjacent to an activating group) is 1. The average molecular weight is 530 g/mol. The van der Waals surface area contributed by atoms with Gasteiger partial charge in [-0.2, -0.15) is 0 Å². The van der Waals surface area contributed by atoms with E-state index >= 15 is 0 Å². The molecule has 2 aliphatic heterocycles. The highest BCUT2D eigenvalue weighted by Gasteiger charge is 2.63. The Labute approximate surface area is 222 Å². The van der Waals surface area contributed by atoms with Crippen LogP contribution in [-0.2, 0) is 31.4 Å². The number of hydrogen-bond donors (Lipinski definition) is 0. The Morgan fingerprint density at radius 2 is 1.62 bits per heavy atom. The molecule has 1 aromatic rings. The minimum atomic E-state index is -3.60. The van der Waals surface area contributed by atoms with Crippen molar-refractivity contribution < 1.29 is 18.0 Å². The van der Waals surface area contributed by atoms with Crippen molar-refractivity contribution in [1.29, 1.82) is 0 Å². The van der Waals surface area contributed by atoms with Crippen molar-refractivity contribution in [2.45, 2.75) is 77.7 Å². The zero-order chi connectivity index (χ0) is 26.8. The second-order valence-corrected chi connectivity index (χ2v) is 14.8. The van der Waals surface area contributed by atoms with Crippen LogP contribution in [-0.4, -0.2) is 79.4 Å². The van der Waals surface area contributed by atoms with Gasteiger partial charge in [-0.1, -0.05) is 52.0 Å². The number of rotatable bonds is 5. The molecule has 1 spiro atoms. The lowest BCUT2D eigenvalue weighted by molar-refractivity contribution is -0.157. The number of fused-ring (bicyclic) bond motifs is 2. The van der Waals surface area contributed by atoms with Crippen LogP contribution in [0, 0.1) is 16.7 Å². The van der Waals surface area contributed by atoms with Gasteiger partial charge >= 0.3 is 0 Å². The Kier molecular flexibility index (Phi) is 6.64. The number of piperazine rings is 1. The van der Waals surface area contributed by atoms with Crippen molar-refractivity contribution in [2.24, 2.45) is 16.7 Å². The van der Waals surface area contributed by atoms with E-state index in [-0.39, 0.29) is 47.4 Å².